The van der Waals surface area contributed by atoms with Crippen molar-refractivity contribution in [3.05, 3.63) is 101 Å². The van der Waals surface area contributed by atoms with E-state index in [9.17, 15) is 22.4 Å². The van der Waals surface area contributed by atoms with E-state index in [0.717, 1.165) is 12.1 Å². The van der Waals surface area contributed by atoms with Crippen molar-refractivity contribution in [3.8, 4) is 28.2 Å². The Morgan fingerprint density at radius 1 is 0.892 bits per heavy atom. The monoisotopic (exact) mass is 529 g/mol. The van der Waals surface area contributed by atoms with E-state index in [2.05, 4.69) is 5.32 Å². The molecule has 0 radical (unpaired) electrons. The lowest BCUT2D eigenvalue weighted by Gasteiger charge is -2.19. The van der Waals surface area contributed by atoms with Crippen LogP contribution in [-0.4, -0.2) is 42.6 Å². The summed E-state index contributed by atoms with van der Waals surface area (Å²) in [5, 5.41) is 3.31. The molecule has 0 unspecified atom stereocenters. The van der Waals surface area contributed by atoms with Crippen LogP contribution in [-0.2, 0) is 6.18 Å². The smallest absolute Gasteiger partial charge is 0.351 e. The SMILES string of the molecule is CN(C)CCNC(=O)c1ccc(-c2ccc(-c3ccc(Cl)cc3)n2-c2ccc(F)cc2C(F)(F)F)cc1. The molecule has 1 amide bonds. The molecule has 0 aliphatic heterocycles. The molecule has 4 rings (SSSR count). The highest BCUT2D eigenvalue weighted by Crippen LogP contribution is 2.39. The Bertz CT molecular complexity index is 1390. The van der Waals surface area contributed by atoms with Crippen LogP contribution in [0.5, 0.6) is 0 Å². The van der Waals surface area contributed by atoms with Gasteiger partial charge in [0.25, 0.3) is 5.91 Å². The van der Waals surface area contributed by atoms with Crippen molar-refractivity contribution in [1.82, 2.24) is 14.8 Å². The van der Waals surface area contributed by atoms with Gasteiger partial charge in [0.1, 0.15) is 5.82 Å². The highest BCUT2D eigenvalue weighted by atomic mass is 35.5. The third-order valence-electron chi connectivity index (χ3n) is 5.81. The number of halogens is 5. The fourth-order valence-corrected chi connectivity index (χ4v) is 4.11. The number of nitrogens with zero attached hydrogens (tertiary/aromatic N) is 2. The lowest BCUT2D eigenvalue weighted by molar-refractivity contribution is -0.137. The summed E-state index contributed by atoms with van der Waals surface area (Å²) in [6.45, 7) is 1.16. The predicted molar refractivity (Wildman–Crippen MR) is 137 cm³/mol. The summed E-state index contributed by atoms with van der Waals surface area (Å²) in [5.41, 5.74) is 1.24. The van der Waals surface area contributed by atoms with Gasteiger partial charge in [0.2, 0.25) is 0 Å². The Morgan fingerprint density at radius 2 is 1.46 bits per heavy atom. The minimum Gasteiger partial charge on any atom is -0.351 e. The number of hydrogen-bond acceptors (Lipinski definition) is 2. The minimum atomic E-state index is -4.79. The first-order valence-electron chi connectivity index (χ1n) is 11.4. The Balaban J connectivity index is 1.81. The van der Waals surface area contributed by atoms with Gasteiger partial charge in [0, 0.05) is 23.7 Å². The van der Waals surface area contributed by atoms with E-state index in [1.807, 2.05) is 19.0 Å². The second kappa shape index (κ2) is 10.8. The first kappa shape index (κ1) is 26.4. The summed E-state index contributed by atoms with van der Waals surface area (Å²) in [6.07, 6.45) is -4.79. The van der Waals surface area contributed by atoms with Crippen LogP contribution in [0.4, 0.5) is 17.6 Å². The number of likely N-dealkylation sites (N-methyl/N-ethyl adjacent to an activating group) is 1. The number of alkyl halides is 3. The molecule has 0 bridgehead atoms. The van der Waals surface area contributed by atoms with Gasteiger partial charge in [-0.2, -0.15) is 13.2 Å². The zero-order chi connectivity index (χ0) is 26.7. The highest BCUT2D eigenvalue weighted by molar-refractivity contribution is 6.30. The van der Waals surface area contributed by atoms with Crippen LogP contribution in [0.3, 0.4) is 0 Å². The second-order valence-corrected chi connectivity index (χ2v) is 9.18. The van der Waals surface area contributed by atoms with Gasteiger partial charge >= 0.3 is 6.18 Å². The number of amides is 1. The maximum absolute atomic E-state index is 14.0. The molecule has 4 nitrogen and oxygen atoms in total. The maximum atomic E-state index is 14.0. The molecular weight excluding hydrogens is 506 g/mol. The van der Waals surface area contributed by atoms with Crippen LogP contribution in [0.25, 0.3) is 28.2 Å². The molecule has 0 saturated heterocycles. The minimum absolute atomic E-state index is 0.218. The van der Waals surface area contributed by atoms with E-state index in [1.165, 1.54) is 4.57 Å². The first-order chi connectivity index (χ1) is 17.5. The van der Waals surface area contributed by atoms with Crippen LogP contribution >= 0.6 is 11.6 Å². The quantitative estimate of drug-likeness (QED) is 0.264. The van der Waals surface area contributed by atoms with E-state index in [-0.39, 0.29) is 11.6 Å². The summed E-state index contributed by atoms with van der Waals surface area (Å²) < 4.78 is 57.3. The Kier molecular flexibility index (Phi) is 7.71. The van der Waals surface area contributed by atoms with Crippen LogP contribution in [0, 0.1) is 5.82 Å². The van der Waals surface area contributed by atoms with Crippen LogP contribution in [0.15, 0.2) is 78.9 Å². The van der Waals surface area contributed by atoms with Gasteiger partial charge < -0.3 is 14.8 Å². The second-order valence-electron chi connectivity index (χ2n) is 8.74. The lowest BCUT2D eigenvalue weighted by Crippen LogP contribution is -2.31. The van der Waals surface area contributed by atoms with Gasteiger partial charge in [-0.15, -0.1) is 0 Å². The molecule has 0 aliphatic rings. The molecule has 37 heavy (non-hydrogen) atoms. The largest absolute Gasteiger partial charge is 0.418 e. The van der Waals surface area contributed by atoms with Crippen LogP contribution in [0.1, 0.15) is 15.9 Å². The molecule has 0 aliphatic carbocycles. The number of nitrogens with one attached hydrogen (secondary N) is 1. The zero-order valence-electron chi connectivity index (χ0n) is 20.1. The summed E-state index contributed by atoms with van der Waals surface area (Å²) in [5.74, 6) is -1.23. The molecule has 4 aromatic rings. The van der Waals surface area contributed by atoms with Gasteiger partial charge in [0.15, 0.2) is 0 Å². The normalized spacial score (nSPS) is 11.7. The van der Waals surface area contributed by atoms with E-state index in [1.54, 1.807) is 60.7 Å². The van der Waals surface area contributed by atoms with Gasteiger partial charge in [-0.05, 0) is 79.8 Å². The Hall–Kier alpha value is -3.62. The molecule has 192 valence electrons. The van der Waals surface area contributed by atoms with E-state index < -0.39 is 17.6 Å². The number of carbonyl (C=O) groups is 1. The third-order valence-corrected chi connectivity index (χ3v) is 6.07. The molecule has 0 fully saturated rings. The number of hydrogen-bond donors (Lipinski definition) is 1. The van der Waals surface area contributed by atoms with E-state index in [0.29, 0.717) is 52.3 Å². The van der Waals surface area contributed by atoms with Crippen molar-refractivity contribution in [3.63, 3.8) is 0 Å². The van der Waals surface area contributed by atoms with Gasteiger partial charge in [0.05, 0.1) is 22.6 Å². The average Bonchev–Trinajstić information content (AvgIpc) is 3.28. The lowest BCUT2D eigenvalue weighted by atomic mass is 10.1. The standard InChI is InChI=1S/C28H24ClF4N3O/c1-35(2)16-15-34-27(37)20-5-3-18(4-6-20)24-13-14-25(19-7-9-21(29)10-8-19)36(24)26-12-11-22(30)17-23(26)28(31,32)33/h3-14,17H,15-16H2,1-2H3,(H,34,37). The van der Waals surface area contributed by atoms with Gasteiger partial charge in [-0.25, -0.2) is 4.39 Å². The van der Waals surface area contributed by atoms with E-state index >= 15 is 0 Å². The van der Waals surface area contributed by atoms with Gasteiger partial charge in [-0.1, -0.05) is 35.9 Å². The molecule has 0 saturated carbocycles. The summed E-state index contributed by atoms with van der Waals surface area (Å²) >= 11 is 6.01. The fraction of sp³-hybridized carbons (Fsp3) is 0.179. The molecule has 0 atom stereocenters. The summed E-state index contributed by atoms with van der Waals surface area (Å²) in [7, 11) is 3.80. The number of aromatic nitrogens is 1. The molecular formula is C28H24ClF4N3O. The molecule has 3 aromatic carbocycles. The fourth-order valence-electron chi connectivity index (χ4n) is 3.99. The Morgan fingerprint density at radius 3 is 2.00 bits per heavy atom. The molecule has 1 heterocycles. The topological polar surface area (TPSA) is 37.3 Å². The van der Waals surface area contributed by atoms with Crippen molar-refractivity contribution in [2.75, 3.05) is 27.2 Å². The number of carbonyl (C=O) groups excluding carboxylic acids is 1. The average molecular weight is 530 g/mol. The molecule has 9 heteroatoms. The highest BCUT2D eigenvalue weighted by Gasteiger charge is 2.35. The first-order valence-corrected chi connectivity index (χ1v) is 11.8. The van der Waals surface area contributed by atoms with Crippen molar-refractivity contribution >= 4 is 17.5 Å². The number of rotatable bonds is 7. The number of benzene rings is 3. The van der Waals surface area contributed by atoms with Crippen molar-refractivity contribution in [2.45, 2.75) is 6.18 Å². The maximum Gasteiger partial charge on any atom is 0.418 e. The van der Waals surface area contributed by atoms with Gasteiger partial charge in [-0.3, -0.25) is 4.79 Å². The predicted octanol–water partition coefficient (Wildman–Crippen LogP) is 6.91. The van der Waals surface area contributed by atoms with Crippen LogP contribution in [0.2, 0.25) is 5.02 Å². The summed E-state index contributed by atoms with van der Waals surface area (Å²) in [6, 6.07) is 19.3. The third kappa shape index (κ3) is 6.03. The van der Waals surface area contributed by atoms with E-state index in [4.69, 9.17) is 11.6 Å². The van der Waals surface area contributed by atoms with Crippen molar-refractivity contribution in [2.24, 2.45) is 0 Å². The molecule has 0 spiro atoms. The summed E-state index contributed by atoms with van der Waals surface area (Å²) in [4.78, 5) is 14.4. The molecule has 1 N–H and O–H groups in total. The van der Waals surface area contributed by atoms with Crippen LogP contribution < -0.4 is 5.32 Å². The Labute approximate surface area is 217 Å². The van der Waals surface area contributed by atoms with Crippen molar-refractivity contribution in [1.29, 1.82) is 0 Å². The zero-order valence-corrected chi connectivity index (χ0v) is 20.9. The molecule has 1 aromatic heterocycles. The van der Waals surface area contributed by atoms with Crippen molar-refractivity contribution < 1.29 is 22.4 Å².